The van der Waals surface area contributed by atoms with Gasteiger partial charge in [-0.05, 0) is 56.5 Å². The Morgan fingerprint density at radius 2 is 1.69 bits per heavy atom. The Hall–Kier alpha value is -2.65. The van der Waals surface area contributed by atoms with Crippen LogP contribution in [0.4, 0.5) is 10.1 Å². The molecule has 1 amide bonds. The summed E-state index contributed by atoms with van der Waals surface area (Å²) in [5.74, 6) is -0.0679. The van der Waals surface area contributed by atoms with Crippen molar-refractivity contribution in [3.8, 4) is 5.69 Å². The van der Waals surface area contributed by atoms with Crippen molar-refractivity contribution in [2.24, 2.45) is 0 Å². The largest absolute Gasteiger partial charge is 0.390 e. The fourth-order valence-electron chi connectivity index (χ4n) is 5.02. The molecule has 1 unspecified atom stereocenters. The summed E-state index contributed by atoms with van der Waals surface area (Å²) < 4.78 is 16.3. The van der Waals surface area contributed by atoms with Crippen LogP contribution in [0.3, 0.4) is 0 Å². The molecule has 4 rings (SSSR count). The van der Waals surface area contributed by atoms with E-state index in [0.29, 0.717) is 30.2 Å². The highest BCUT2D eigenvalue weighted by Crippen LogP contribution is 2.24. The summed E-state index contributed by atoms with van der Waals surface area (Å²) in [5.41, 5.74) is 5.12. The van der Waals surface area contributed by atoms with E-state index in [1.807, 2.05) is 6.92 Å². The Labute approximate surface area is 243 Å². The van der Waals surface area contributed by atoms with E-state index in [4.69, 9.17) is 0 Å². The van der Waals surface area contributed by atoms with Crippen LogP contribution >= 0.6 is 24.8 Å². The summed E-state index contributed by atoms with van der Waals surface area (Å²) in [6.07, 6.45) is 0.751. The van der Waals surface area contributed by atoms with E-state index in [1.165, 1.54) is 22.9 Å². The Kier molecular flexibility index (Phi) is 12.2. The van der Waals surface area contributed by atoms with Crippen LogP contribution in [0.1, 0.15) is 46.5 Å². The lowest BCUT2D eigenvalue weighted by Crippen LogP contribution is -2.50. The highest BCUT2D eigenvalue weighted by atomic mass is 35.5. The molecule has 2 heterocycles. The summed E-state index contributed by atoms with van der Waals surface area (Å²) in [7, 11) is 0. The average molecular weight is 581 g/mol. The topological polar surface area (TPSA) is 73.6 Å². The molecule has 214 valence electrons. The maximum absolute atomic E-state index is 14.5. The Morgan fingerprint density at radius 1 is 1.03 bits per heavy atom. The molecule has 0 radical (unpaired) electrons. The average Bonchev–Trinajstić information content (AvgIpc) is 3.21. The molecule has 1 saturated heterocycles. The van der Waals surface area contributed by atoms with Gasteiger partial charge >= 0.3 is 0 Å². The molecule has 7 nitrogen and oxygen atoms in total. The number of aryl methyl sites for hydroxylation is 2. The first kappa shape index (κ1) is 32.6. The summed E-state index contributed by atoms with van der Waals surface area (Å²) in [5, 5.41) is 13.5. The molecule has 39 heavy (non-hydrogen) atoms. The van der Waals surface area contributed by atoms with E-state index < -0.39 is 6.10 Å². The number of aliphatic hydroxyl groups excluding tert-OH is 1. The zero-order chi connectivity index (χ0) is 26.5. The van der Waals surface area contributed by atoms with Crippen molar-refractivity contribution in [3.05, 3.63) is 76.6 Å². The van der Waals surface area contributed by atoms with Crippen LogP contribution < -0.4 is 10.2 Å². The van der Waals surface area contributed by atoms with Gasteiger partial charge < -0.3 is 15.3 Å². The fraction of sp³-hybridized carbons (Fsp3) is 0.448. The van der Waals surface area contributed by atoms with Gasteiger partial charge in [-0.2, -0.15) is 0 Å². The number of aromatic nitrogens is 2. The van der Waals surface area contributed by atoms with E-state index in [0.717, 1.165) is 32.6 Å². The standard InChI is InChI=1S/C29H38FN5O2.2ClH/c1-5-9-27-32-28(22(4)35(27)26-12-7-6-11-24(26)30)29(37)31-18-23(36)19-33-14-16-34(17-15-33)25-13-8-10-20(2)21(25)3;;/h6-8,10-13,23,36H,5,9,14-19H2,1-4H3,(H,31,37);2*1H. The van der Waals surface area contributed by atoms with E-state index >= 15 is 0 Å². The third-order valence-corrected chi connectivity index (χ3v) is 7.22. The summed E-state index contributed by atoms with van der Waals surface area (Å²) in [6, 6.07) is 12.9. The molecule has 0 bridgehead atoms. The number of nitrogens with zero attached hydrogens (tertiary/aromatic N) is 4. The van der Waals surface area contributed by atoms with Crippen LogP contribution in [0.2, 0.25) is 0 Å². The van der Waals surface area contributed by atoms with Crippen LogP contribution in [0, 0.1) is 26.6 Å². The number of anilines is 1. The number of carbonyl (C=O) groups excluding carboxylic acids is 1. The van der Waals surface area contributed by atoms with E-state index in [-0.39, 0.29) is 48.8 Å². The zero-order valence-electron chi connectivity index (χ0n) is 23.1. The minimum Gasteiger partial charge on any atom is -0.390 e. The number of imidazole rings is 1. The number of amides is 1. The van der Waals surface area contributed by atoms with Crippen LogP contribution in [-0.4, -0.2) is 70.8 Å². The van der Waals surface area contributed by atoms with Crippen molar-refractivity contribution in [2.75, 3.05) is 44.2 Å². The van der Waals surface area contributed by atoms with Gasteiger partial charge in [0.2, 0.25) is 0 Å². The molecule has 1 fully saturated rings. The van der Waals surface area contributed by atoms with E-state index in [9.17, 15) is 14.3 Å². The van der Waals surface area contributed by atoms with Gasteiger partial charge in [-0.25, -0.2) is 9.37 Å². The van der Waals surface area contributed by atoms with Crippen molar-refractivity contribution >= 4 is 36.4 Å². The van der Waals surface area contributed by atoms with Gasteiger partial charge in [0, 0.05) is 51.4 Å². The highest BCUT2D eigenvalue weighted by molar-refractivity contribution is 5.93. The predicted octanol–water partition coefficient (Wildman–Crippen LogP) is 4.65. The van der Waals surface area contributed by atoms with Crippen LogP contribution in [0.5, 0.6) is 0 Å². The smallest absolute Gasteiger partial charge is 0.271 e. The molecule has 2 aromatic carbocycles. The van der Waals surface area contributed by atoms with Crippen molar-refractivity contribution in [2.45, 2.75) is 46.6 Å². The first-order valence-corrected chi connectivity index (χ1v) is 13.1. The van der Waals surface area contributed by atoms with E-state index in [1.54, 1.807) is 29.7 Å². The molecule has 1 atom stereocenters. The Balaban J connectivity index is 0.00000267. The summed E-state index contributed by atoms with van der Waals surface area (Å²) in [6.45, 7) is 12.2. The third kappa shape index (κ3) is 7.51. The van der Waals surface area contributed by atoms with Gasteiger partial charge in [0.05, 0.1) is 17.5 Å². The quantitative estimate of drug-likeness (QED) is 0.386. The van der Waals surface area contributed by atoms with Crippen molar-refractivity contribution in [3.63, 3.8) is 0 Å². The molecule has 0 spiro atoms. The van der Waals surface area contributed by atoms with Crippen molar-refractivity contribution < 1.29 is 14.3 Å². The van der Waals surface area contributed by atoms with Crippen LogP contribution in [-0.2, 0) is 6.42 Å². The number of hydrogen-bond donors (Lipinski definition) is 2. The van der Waals surface area contributed by atoms with E-state index in [2.05, 4.69) is 52.1 Å². The number of rotatable bonds is 9. The van der Waals surface area contributed by atoms with Gasteiger partial charge in [0.25, 0.3) is 5.91 Å². The highest BCUT2D eigenvalue weighted by Gasteiger charge is 2.24. The monoisotopic (exact) mass is 579 g/mol. The van der Waals surface area contributed by atoms with Crippen molar-refractivity contribution in [1.82, 2.24) is 19.8 Å². The van der Waals surface area contributed by atoms with Crippen LogP contribution in [0.25, 0.3) is 5.69 Å². The number of halogens is 3. The summed E-state index contributed by atoms with van der Waals surface area (Å²) >= 11 is 0. The molecular weight excluding hydrogens is 540 g/mol. The van der Waals surface area contributed by atoms with Crippen molar-refractivity contribution in [1.29, 1.82) is 0 Å². The molecular formula is C29H40Cl2FN5O2. The molecule has 1 aromatic heterocycles. The predicted molar refractivity (Wildman–Crippen MR) is 160 cm³/mol. The lowest BCUT2D eigenvalue weighted by atomic mass is 10.1. The Bertz CT molecular complexity index is 1240. The molecule has 10 heteroatoms. The lowest BCUT2D eigenvalue weighted by molar-refractivity contribution is 0.0847. The lowest BCUT2D eigenvalue weighted by Gasteiger charge is -2.37. The number of aliphatic hydroxyl groups is 1. The third-order valence-electron chi connectivity index (χ3n) is 7.22. The number of piperazine rings is 1. The number of β-amino-alcohol motifs (C(OH)–C–C–N with tert-alkyl or cyclic N) is 1. The Morgan fingerprint density at radius 3 is 2.36 bits per heavy atom. The first-order chi connectivity index (χ1) is 17.8. The number of para-hydroxylation sites is 1. The van der Waals surface area contributed by atoms with Crippen LogP contribution in [0.15, 0.2) is 42.5 Å². The first-order valence-electron chi connectivity index (χ1n) is 13.1. The second-order valence-electron chi connectivity index (χ2n) is 9.87. The van der Waals surface area contributed by atoms with Gasteiger partial charge in [-0.1, -0.05) is 31.2 Å². The second-order valence-corrected chi connectivity index (χ2v) is 9.87. The van der Waals surface area contributed by atoms with Gasteiger partial charge in [0.1, 0.15) is 17.3 Å². The molecule has 1 aliphatic rings. The van der Waals surface area contributed by atoms with Gasteiger partial charge in [-0.3, -0.25) is 14.3 Å². The fourth-order valence-corrected chi connectivity index (χ4v) is 5.02. The number of nitrogens with one attached hydrogen (secondary N) is 1. The minimum absolute atomic E-state index is 0. The molecule has 2 N–H and O–H groups in total. The maximum atomic E-state index is 14.5. The molecule has 3 aromatic rings. The summed E-state index contributed by atoms with van der Waals surface area (Å²) in [4.78, 5) is 22.2. The number of hydrogen-bond acceptors (Lipinski definition) is 5. The SMILES string of the molecule is CCCc1nc(C(=O)NCC(O)CN2CCN(c3cccc(C)c3C)CC2)c(C)n1-c1ccccc1F.Cl.Cl. The minimum atomic E-state index is -0.694. The van der Waals surface area contributed by atoms with Gasteiger partial charge in [0.15, 0.2) is 0 Å². The normalized spacial score (nSPS) is 14.4. The van der Waals surface area contributed by atoms with Gasteiger partial charge in [-0.15, -0.1) is 24.8 Å². The molecule has 0 saturated carbocycles. The molecule has 1 aliphatic heterocycles. The second kappa shape index (κ2) is 14.7. The molecule has 0 aliphatic carbocycles. The zero-order valence-corrected chi connectivity index (χ0v) is 24.7. The number of benzene rings is 2. The maximum Gasteiger partial charge on any atom is 0.271 e. The number of carbonyl (C=O) groups is 1.